The summed E-state index contributed by atoms with van der Waals surface area (Å²) < 4.78 is 0. The second-order valence-corrected chi connectivity index (χ2v) is 9.52. The molecule has 0 saturated heterocycles. The van der Waals surface area contributed by atoms with E-state index >= 15 is 0 Å². The third kappa shape index (κ3) is 1.40. The molecule has 6 aliphatic rings. The quantitative estimate of drug-likeness (QED) is 0.778. The van der Waals surface area contributed by atoms with Gasteiger partial charge in [0.25, 0.3) is 0 Å². The van der Waals surface area contributed by atoms with Crippen molar-refractivity contribution >= 4 is 11.9 Å². The van der Waals surface area contributed by atoms with E-state index in [1.165, 1.54) is 0 Å². The molecule has 0 aromatic heterocycles. The van der Waals surface area contributed by atoms with Crippen molar-refractivity contribution in [2.24, 2.45) is 71.0 Å². The van der Waals surface area contributed by atoms with Crippen LogP contribution in [-0.4, -0.2) is 22.2 Å². The highest BCUT2D eigenvalue weighted by Crippen LogP contribution is 2.80. The topological polar surface area (TPSA) is 74.6 Å². The average molecular weight is 328 g/mol. The number of hydrogen-bond donors (Lipinski definition) is 2. The van der Waals surface area contributed by atoms with Gasteiger partial charge in [0.1, 0.15) is 0 Å². The van der Waals surface area contributed by atoms with E-state index in [0.717, 1.165) is 36.5 Å². The van der Waals surface area contributed by atoms with Crippen LogP contribution in [0.25, 0.3) is 0 Å². The number of carboxylic acid groups (broad SMARTS) is 2. The molecular formula is C20H24O4. The fourth-order valence-corrected chi connectivity index (χ4v) is 9.38. The summed E-state index contributed by atoms with van der Waals surface area (Å²) in [6, 6.07) is 0. The molecule has 5 fully saturated rings. The molecule has 2 N–H and O–H groups in total. The fourth-order valence-electron chi connectivity index (χ4n) is 9.38. The maximum Gasteiger partial charge on any atom is 0.303 e. The van der Waals surface area contributed by atoms with Crippen molar-refractivity contribution in [3.63, 3.8) is 0 Å². The van der Waals surface area contributed by atoms with Gasteiger partial charge >= 0.3 is 11.9 Å². The molecule has 0 amide bonds. The lowest BCUT2D eigenvalue weighted by Crippen LogP contribution is -2.25. The van der Waals surface area contributed by atoms with E-state index in [1.807, 2.05) is 0 Å². The van der Waals surface area contributed by atoms with Crippen LogP contribution in [0.4, 0.5) is 0 Å². The number of rotatable bonds is 4. The standard InChI is InChI=1S/C20H24O4/c21-13(22)5-7-3-11-12-4-8(6-14(23)24)16-10-2-1-9-15(7)18(11)20(17(9)10)19(12)16/h1-2,7-12,15-20H,3-6H2,(H,21,22)(H,23,24)/t7-,8+,9-,10-,11+,12-,15+,16+,17?,18+,19+,20?/m0/s1. The van der Waals surface area contributed by atoms with Crippen LogP contribution in [-0.2, 0) is 9.59 Å². The Hall–Kier alpha value is -1.32. The third-order valence-corrected chi connectivity index (χ3v) is 9.21. The van der Waals surface area contributed by atoms with Crippen molar-refractivity contribution in [2.45, 2.75) is 25.7 Å². The molecular weight excluding hydrogens is 304 g/mol. The van der Waals surface area contributed by atoms with Gasteiger partial charge in [0, 0.05) is 12.8 Å². The molecule has 0 aromatic carbocycles. The lowest BCUT2D eigenvalue weighted by Gasteiger charge is -2.27. The van der Waals surface area contributed by atoms with Gasteiger partial charge in [-0.05, 0) is 83.9 Å². The van der Waals surface area contributed by atoms with Gasteiger partial charge in [-0.3, -0.25) is 9.59 Å². The first-order chi connectivity index (χ1) is 11.6. The largest absolute Gasteiger partial charge is 0.481 e. The van der Waals surface area contributed by atoms with Crippen molar-refractivity contribution in [1.29, 1.82) is 0 Å². The maximum absolute atomic E-state index is 11.4. The summed E-state index contributed by atoms with van der Waals surface area (Å²) in [5, 5.41) is 18.7. The lowest BCUT2D eigenvalue weighted by molar-refractivity contribution is -0.139. The minimum atomic E-state index is -0.639. The van der Waals surface area contributed by atoms with E-state index in [-0.39, 0.29) is 0 Å². The first-order valence-electron chi connectivity index (χ1n) is 9.68. The Morgan fingerprint density at radius 1 is 0.708 bits per heavy atom. The van der Waals surface area contributed by atoms with E-state index in [4.69, 9.17) is 0 Å². The van der Waals surface area contributed by atoms with Crippen LogP contribution in [0.3, 0.4) is 0 Å². The zero-order valence-corrected chi connectivity index (χ0v) is 13.6. The molecule has 12 atom stereocenters. The highest BCUT2D eigenvalue weighted by molar-refractivity contribution is 5.67. The van der Waals surface area contributed by atoms with Crippen molar-refractivity contribution in [2.75, 3.05) is 0 Å². The van der Waals surface area contributed by atoms with E-state index in [2.05, 4.69) is 12.2 Å². The Bertz CT molecular complexity index is 615. The van der Waals surface area contributed by atoms with Gasteiger partial charge in [-0.1, -0.05) is 12.2 Å². The number of hydrogen-bond acceptors (Lipinski definition) is 2. The van der Waals surface area contributed by atoms with Crippen molar-refractivity contribution in [3.8, 4) is 0 Å². The molecule has 128 valence electrons. The molecule has 4 heteroatoms. The highest BCUT2D eigenvalue weighted by atomic mass is 16.4. The molecule has 6 aliphatic carbocycles. The van der Waals surface area contributed by atoms with Gasteiger partial charge in [-0.25, -0.2) is 0 Å². The summed E-state index contributed by atoms with van der Waals surface area (Å²) in [4.78, 5) is 22.7. The van der Waals surface area contributed by atoms with Gasteiger partial charge in [0.2, 0.25) is 0 Å². The average Bonchev–Trinajstić information content (AvgIpc) is 3.19. The Morgan fingerprint density at radius 3 is 1.58 bits per heavy atom. The molecule has 0 aromatic rings. The number of fused-ring (bicyclic) bond motifs is 3. The molecule has 0 heterocycles. The second-order valence-electron chi connectivity index (χ2n) is 9.52. The summed E-state index contributed by atoms with van der Waals surface area (Å²) in [7, 11) is 0. The van der Waals surface area contributed by atoms with Crippen LogP contribution in [0, 0.1) is 71.0 Å². The molecule has 4 nitrogen and oxygen atoms in total. The molecule has 5 saturated carbocycles. The van der Waals surface area contributed by atoms with Gasteiger partial charge < -0.3 is 10.2 Å². The van der Waals surface area contributed by atoms with Gasteiger partial charge in [0.15, 0.2) is 0 Å². The Balaban J connectivity index is 1.41. The number of aliphatic carboxylic acids is 2. The normalized spacial score (nSPS) is 60.2. The predicted octanol–water partition coefficient (Wildman–Crippen LogP) is 2.75. The SMILES string of the molecule is O=C(O)C[C@@H]1C[C@@H]2[C@@H]3C[C@H](CC(=O)O)[C@H]4[C@@H]3C3C5[C@@H](C=C[C@H]54)[C@@H]1[C@H]32. The van der Waals surface area contributed by atoms with Gasteiger partial charge in [-0.15, -0.1) is 0 Å². The molecule has 2 unspecified atom stereocenters. The lowest BCUT2D eigenvalue weighted by atomic mass is 9.77. The summed E-state index contributed by atoms with van der Waals surface area (Å²) in [6.45, 7) is 0. The number of carboxylic acids is 2. The van der Waals surface area contributed by atoms with E-state index < -0.39 is 11.9 Å². The Labute approximate surface area is 141 Å². The van der Waals surface area contributed by atoms with E-state index in [9.17, 15) is 19.8 Å². The zero-order valence-electron chi connectivity index (χ0n) is 13.6. The smallest absolute Gasteiger partial charge is 0.303 e. The summed E-state index contributed by atoms with van der Waals surface area (Å²) in [5.74, 6) is 6.21. The van der Waals surface area contributed by atoms with Crippen molar-refractivity contribution in [1.82, 2.24) is 0 Å². The van der Waals surface area contributed by atoms with E-state index in [1.54, 1.807) is 0 Å². The summed E-state index contributed by atoms with van der Waals surface area (Å²) >= 11 is 0. The van der Waals surface area contributed by atoms with Crippen LogP contribution < -0.4 is 0 Å². The summed E-state index contributed by atoms with van der Waals surface area (Å²) in [5.41, 5.74) is 0. The zero-order chi connectivity index (χ0) is 16.3. The third-order valence-electron chi connectivity index (χ3n) is 9.21. The van der Waals surface area contributed by atoms with Gasteiger partial charge in [-0.2, -0.15) is 0 Å². The van der Waals surface area contributed by atoms with Crippen molar-refractivity contribution < 1.29 is 19.8 Å². The molecule has 0 spiro atoms. The molecule has 0 bridgehead atoms. The first kappa shape index (κ1) is 13.9. The van der Waals surface area contributed by atoms with Gasteiger partial charge in [0.05, 0.1) is 0 Å². The van der Waals surface area contributed by atoms with Crippen LogP contribution in [0.5, 0.6) is 0 Å². The molecule has 0 aliphatic heterocycles. The molecule has 6 rings (SSSR count). The summed E-state index contributed by atoms with van der Waals surface area (Å²) in [6.07, 6.45) is 7.69. The first-order valence-corrected chi connectivity index (χ1v) is 9.68. The Morgan fingerprint density at radius 2 is 1.17 bits per heavy atom. The monoisotopic (exact) mass is 328 g/mol. The fraction of sp³-hybridized carbons (Fsp3) is 0.800. The predicted molar refractivity (Wildman–Crippen MR) is 84.8 cm³/mol. The van der Waals surface area contributed by atoms with Crippen LogP contribution in [0.2, 0.25) is 0 Å². The number of carbonyl (C=O) groups is 2. The highest BCUT2D eigenvalue weighted by Gasteiger charge is 2.76. The van der Waals surface area contributed by atoms with Crippen LogP contribution in [0.15, 0.2) is 12.2 Å². The van der Waals surface area contributed by atoms with E-state index in [0.29, 0.717) is 60.2 Å². The maximum atomic E-state index is 11.4. The second kappa shape index (κ2) is 4.25. The minimum absolute atomic E-state index is 0.339. The Kier molecular flexibility index (Phi) is 2.47. The molecule has 24 heavy (non-hydrogen) atoms. The van der Waals surface area contributed by atoms with Crippen LogP contribution >= 0.6 is 0 Å². The number of allylic oxidation sites excluding steroid dienone is 2. The van der Waals surface area contributed by atoms with Crippen molar-refractivity contribution in [3.05, 3.63) is 12.2 Å². The van der Waals surface area contributed by atoms with Crippen LogP contribution in [0.1, 0.15) is 25.7 Å². The molecule has 0 radical (unpaired) electrons. The minimum Gasteiger partial charge on any atom is -0.481 e.